The molecule has 4 rings (SSSR count). The van der Waals surface area contributed by atoms with Crippen LogP contribution in [0.4, 0.5) is 11.6 Å². The molecule has 2 aliphatic carbocycles. The van der Waals surface area contributed by atoms with Crippen LogP contribution in [-0.2, 0) is 20.9 Å². The number of hydrogen-bond donors (Lipinski definition) is 3. The monoisotopic (exact) mass is 431 g/mol. The second-order valence-electron chi connectivity index (χ2n) is 7.88. The molecule has 1 aromatic carbocycles. The quantitative estimate of drug-likeness (QED) is 0.573. The van der Waals surface area contributed by atoms with E-state index in [9.17, 15) is 13.2 Å². The normalized spacial score (nSPS) is 23.7. The standard InChI is InChI=1S/C20H25N5O4S/c21-30(27,28)29-12-13-5-8-16(9-13)23-19-10-18(24-20(26)25-19)22-11-15-7-6-14-3-1-2-4-17(14)15/h1-4,10-11,13,15-16H,5-9,12H2,(H2,21,27,28)(H2,23,24,25,26)/b22-11+/t13-,15?,16?/m0/s1. The van der Waals surface area contributed by atoms with Crippen molar-refractivity contribution in [1.82, 2.24) is 9.97 Å². The molecular formula is C20H25N5O4S. The minimum Gasteiger partial charge on any atom is -0.367 e. The lowest BCUT2D eigenvalue weighted by molar-refractivity contribution is 0.256. The van der Waals surface area contributed by atoms with Crippen LogP contribution in [0, 0.1) is 5.92 Å². The van der Waals surface area contributed by atoms with Gasteiger partial charge in [-0.05, 0) is 49.1 Å². The molecule has 1 aromatic heterocycles. The van der Waals surface area contributed by atoms with Gasteiger partial charge in [0, 0.05) is 24.2 Å². The van der Waals surface area contributed by atoms with Gasteiger partial charge in [0.15, 0.2) is 0 Å². The largest absolute Gasteiger partial charge is 0.367 e. The van der Waals surface area contributed by atoms with Gasteiger partial charge in [-0.15, -0.1) is 0 Å². The first kappa shape index (κ1) is 20.7. The van der Waals surface area contributed by atoms with Crippen molar-refractivity contribution in [3.8, 4) is 0 Å². The Bertz CT molecular complexity index is 1100. The van der Waals surface area contributed by atoms with E-state index in [0.29, 0.717) is 18.1 Å². The molecule has 0 amide bonds. The van der Waals surface area contributed by atoms with Crippen LogP contribution in [0.2, 0.25) is 0 Å². The van der Waals surface area contributed by atoms with Crippen LogP contribution in [0.5, 0.6) is 0 Å². The Balaban J connectivity index is 1.39. The summed E-state index contributed by atoms with van der Waals surface area (Å²) >= 11 is 0. The summed E-state index contributed by atoms with van der Waals surface area (Å²) in [6.45, 7) is 0.0677. The van der Waals surface area contributed by atoms with Gasteiger partial charge >= 0.3 is 16.0 Å². The molecule has 9 nitrogen and oxygen atoms in total. The molecule has 2 unspecified atom stereocenters. The Morgan fingerprint density at radius 2 is 2.13 bits per heavy atom. The topological polar surface area (TPSA) is 140 Å². The predicted octanol–water partition coefficient (Wildman–Crippen LogP) is 2.00. The third-order valence-electron chi connectivity index (χ3n) is 5.66. The zero-order chi connectivity index (χ0) is 21.1. The van der Waals surface area contributed by atoms with E-state index in [2.05, 4.69) is 36.6 Å². The highest BCUT2D eigenvalue weighted by atomic mass is 32.2. The molecule has 0 aliphatic heterocycles. The molecule has 1 saturated carbocycles. The summed E-state index contributed by atoms with van der Waals surface area (Å²) < 4.78 is 26.6. The number of hydrogen-bond acceptors (Lipinski definition) is 7. The highest BCUT2D eigenvalue weighted by Crippen LogP contribution is 2.32. The minimum absolute atomic E-state index is 0.0677. The molecule has 30 heavy (non-hydrogen) atoms. The molecule has 10 heteroatoms. The average molecular weight is 432 g/mol. The molecule has 3 atom stereocenters. The number of aryl methyl sites for hydroxylation is 1. The summed E-state index contributed by atoms with van der Waals surface area (Å²) in [6, 6.07) is 10.1. The summed E-state index contributed by atoms with van der Waals surface area (Å²) in [7, 11) is -3.93. The van der Waals surface area contributed by atoms with Crippen molar-refractivity contribution < 1.29 is 12.6 Å². The van der Waals surface area contributed by atoms with E-state index >= 15 is 0 Å². The Morgan fingerprint density at radius 1 is 1.30 bits per heavy atom. The van der Waals surface area contributed by atoms with Crippen molar-refractivity contribution in [2.45, 2.75) is 44.1 Å². The van der Waals surface area contributed by atoms with Gasteiger partial charge in [-0.1, -0.05) is 24.3 Å². The lowest BCUT2D eigenvalue weighted by Gasteiger charge is -2.14. The Kier molecular flexibility index (Phi) is 5.98. The molecule has 0 radical (unpaired) electrons. The van der Waals surface area contributed by atoms with Crippen molar-refractivity contribution in [2.75, 3.05) is 11.9 Å². The number of fused-ring (bicyclic) bond motifs is 1. The van der Waals surface area contributed by atoms with Crippen molar-refractivity contribution in [3.05, 3.63) is 51.9 Å². The van der Waals surface area contributed by atoms with Gasteiger partial charge in [-0.2, -0.15) is 13.4 Å². The van der Waals surface area contributed by atoms with Crippen LogP contribution < -0.4 is 16.1 Å². The number of nitrogens with one attached hydrogen (secondary N) is 2. The van der Waals surface area contributed by atoms with E-state index in [1.165, 1.54) is 11.1 Å². The second kappa shape index (κ2) is 8.66. The summed E-state index contributed by atoms with van der Waals surface area (Å²) in [4.78, 5) is 23.1. The maximum Gasteiger partial charge on any atom is 0.348 e. The van der Waals surface area contributed by atoms with Crippen LogP contribution in [0.3, 0.4) is 0 Å². The van der Waals surface area contributed by atoms with E-state index in [-0.39, 0.29) is 24.5 Å². The van der Waals surface area contributed by atoms with E-state index in [1.54, 1.807) is 6.07 Å². The fraction of sp³-hybridized carbons (Fsp3) is 0.450. The lowest BCUT2D eigenvalue weighted by Crippen LogP contribution is -2.22. The SMILES string of the molecule is NS(=O)(=O)OC[C@H]1CCC(Nc2cc(/N=C/C3CCc4ccccc43)[nH]c(=O)n2)C1. The summed E-state index contributed by atoms with van der Waals surface area (Å²) in [5.74, 6) is 1.23. The maximum atomic E-state index is 12.0. The number of nitrogens with two attached hydrogens (primary N) is 1. The van der Waals surface area contributed by atoms with E-state index in [4.69, 9.17) is 5.14 Å². The summed E-state index contributed by atoms with van der Waals surface area (Å²) in [5, 5.41) is 8.13. The first-order valence-electron chi connectivity index (χ1n) is 10.0. The second-order valence-corrected chi connectivity index (χ2v) is 9.10. The fourth-order valence-electron chi connectivity index (χ4n) is 4.26. The molecule has 160 valence electrons. The third kappa shape index (κ3) is 5.32. The number of aromatic amines is 1. The van der Waals surface area contributed by atoms with Crippen molar-refractivity contribution in [3.63, 3.8) is 0 Å². The van der Waals surface area contributed by atoms with Gasteiger partial charge < -0.3 is 5.32 Å². The van der Waals surface area contributed by atoms with Gasteiger partial charge in [0.2, 0.25) is 0 Å². The van der Waals surface area contributed by atoms with Crippen LogP contribution in [-0.4, -0.2) is 37.2 Å². The molecule has 2 aromatic rings. The van der Waals surface area contributed by atoms with Crippen LogP contribution in [0.25, 0.3) is 0 Å². The van der Waals surface area contributed by atoms with Gasteiger partial charge in [0.25, 0.3) is 0 Å². The Labute approximate surface area is 175 Å². The predicted molar refractivity (Wildman–Crippen MR) is 114 cm³/mol. The minimum atomic E-state index is -3.93. The molecule has 0 bridgehead atoms. The highest BCUT2D eigenvalue weighted by Gasteiger charge is 2.26. The van der Waals surface area contributed by atoms with Gasteiger partial charge in [0.05, 0.1) is 6.61 Å². The van der Waals surface area contributed by atoms with Gasteiger partial charge in [-0.3, -0.25) is 9.17 Å². The number of anilines is 1. The highest BCUT2D eigenvalue weighted by molar-refractivity contribution is 7.84. The number of nitrogens with zero attached hydrogens (tertiary/aromatic N) is 2. The molecule has 0 saturated heterocycles. The van der Waals surface area contributed by atoms with Crippen molar-refractivity contribution >= 4 is 28.2 Å². The van der Waals surface area contributed by atoms with Crippen molar-refractivity contribution in [1.29, 1.82) is 0 Å². The fourth-order valence-corrected chi connectivity index (χ4v) is 4.64. The number of aliphatic imine (C=N–C) groups is 1. The Hall–Kier alpha value is -2.56. The summed E-state index contributed by atoms with van der Waals surface area (Å²) in [6.07, 6.45) is 6.27. The third-order valence-corrected chi connectivity index (χ3v) is 6.13. The zero-order valence-corrected chi connectivity index (χ0v) is 17.3. The van der Waals surface area contributed by atoms with Gasteiger partial charge in [-0.25, -0.2) is 14.9 Å². The number of H-pyrrole nitrogens is 1. The number of aromatic nitrogens is 2. The van der Waals surface area contributed by atoms with Crippen molar-refractivity contribution in [2.24, 2.45) is 16.0 Å². The first-order valence-corrected chi connectivity index (χ1v) is 11.5. The van der Waals surface area contributed by atoms with Gasteiger partial charge in [0.1, 0.15) is 11.6 Å². The number of rotatable bonds is 7. The average Bonchev–Trinajstić information content (AvgIpc) is 3.30. The first-order chi connectivity index (χ1) is 14.4. The molecule has 4 N–H and O–H groups in total. The van der Waals surface area contributed by atoms with Crippen LogP contribution in [0.1, 0.15) is 42.7 Å². The van der Waals surface area contributed by atoms with Crippen LogP contribution in [0.15, 0.2) is 40.1 Å². The van der Waals surface area contributed by atoms with E-state index in [0.717, 1.165) is 25.7 Å². The maximum absolute atomic E-state index is 12.0. The molecular weight excluding hydrogens is 406 g/mol. The molecule has 0 spiro atoms. The van der Waals surface area contributed by atoms with E-state index in [1.807, 2.05) is 18.3 Å². The molecule has 2 aliphatic rings. The molecule has 1 fully saturated rings. The number of benzene rings is 1. The summed E-state index contributed by atoms with van der Waals surface area (Å²) in [5.41, 5.74) is 2.17. The smallest absolute Gasteiger partial charge is 0.348 e. The van der Waals surface area contributed by atoms with Crippen LogP contribution >= 0.6 is 0 Å². The molecule has 1 heterocycles. The lowest BCUT2D eigenvalue weighted by atomic mass is 10.0. The van der Waals surface area contributed by atoms with E-state index < -0.39 is 16.0 Å². The Morgan fingerprint density at radius 3 is 2.97 bits per heavy atom. The zero-order valence-electron chi connectivity index (χ0n) is 16.5.